The van der Waals surface area contributed by atoms with Crippen molar-refractivity contribution in [3.05, 3.63) is 68.2 Å². The zero-order valence-corrected chi connectivity index (χ0v) is 17.4. The topological polar surface area (TPSA) is 101 Å². The molecule has 2 aromatic rings. The molecule has 0 saturated carbocycles. The number of halogens is 1. The average molecular weight is 468 g/mol. The molecule has 28 heavy (non-hydrogen) atoms. The molecule has 3 rings (SSSR count). The minimum absolute atomic E-state index is 0.110. The molecule has 148 valence electrons. The molecule has 8 nitrogen and oxygen atoms in total. The Morgan fingerprint density at radius 1 is 1.11 bits per heavy atom. The third kappa shape index (κ3) is 4.08. The minimum atomic E-state index is -3.65. The van der Waals surface area contributed by atoms with Crippen LogP contribution in [0.4, 0.5) is 5.69 Å². The van der Waals surface area contributed by atoms with E-state index in [0.717, 1.165) is 0 Å². The van der Waals surface area contributed by atoms with Gasteiger partial charge in [-0.05, 0) is 31.2 Å². The van der Waals surface area contributed by atoms with Crippen molar-refractivity contribution in [3.63, 3.8) is 0 Å². The Balaban J connectivity index is 1.72. The summed E-state index contributed by atoms with van der Waals surface area (Å²) in [7, 11) is -3.65. The zero-order valence-electron chi connectivity index (χ0n) is 15.0. The number of rotatable bonds is 4. The van der Waals surface area contributed by atoms with Gasteiger partial charge in [0.2, 0.25) is 10.0 Å². The van der Waals surface area contributed by atoms with Crippen molar-refractivity contribution >= 4 is 37.5 Å². The number of hydrogen-bond acceptors (Lipinski definition) is 5. The molecule has 0 unspecified atom stereocenters. The number of sulfonamides is 1. The summed E-state index contributed by atoms with van der Waals surface area (Å²) in [5.41, 5.74) is 0.591. The lowest BCUT2D eigenvalue weighted by atomic mass is 10.1. The number of nitro groups is 1. The predicted octanol–water partition coefficient (Wildman–Crippen LogP) is 2.81. The van der Waals surface area contributed by atoms with Crippen LogP contribution < -0.4 is 0 Å². The molecule has 0 bridgehead atoms. The molecule has 1 amide bonds. The second kappa shape index (κ2) is 7.98. The predicted molar refractivity (Wildman–Crippen MR) is 107 cm³/mol. The molecular formula is C18H18BrN3O5S. The maximum atomic E-state index is 12.8. The molecule has 1 saturated heterocycles. The Bertz CT molecular complexity index is 1030. The average Bonchev–Trinajstić information content (AvgIpc) is 2.67. The monoisotopic (exact) mass is 467 g/mol. The van der Waals surface area contributed by atoms with Crippen molar-refractivity contribution in [1.29, 1.82) is 0 Å². The maximum absolute atomic E-state index is 12.8. The highest BCUT2D eigenvalue weighted by molar-refractivity contribution is 9.10. The first-order valence-corrected chi connectivity index (χ1v) is 10.7. The molecule has 0 spiro atoms. The Morgan fingerprint density at radius 3 is 2.39 bits per heavy atom. The molecule has 2 aromatic carbocycles. The summed E-state index contributed by atoms with van der Waals surface area (Å²) in [6.45, 7) is 2.36. The molecule has 0 radical (unpaired) electrons. The van der Waals surface area contributed by atoms with Gasteiger partial charge in [-0.2, -0.15) is 4.31 Å². The first-order valence-electron chi connectivity index (χ1n) is 8.50. The van der Waals surface area contributed by atoms with E-state index in [-0.39, 0.29) is 48.2 Å². The Morgan fingerprint density at radius 2 is 1.79 bits per heavy atom. The van der Waals surface area contributed by atoms with Gasteiger partial charge in [0.25, 0.3) is 11.6 Å². The summed E-state index contributed by atoms with van der Waals surface area (Å²) in [5, 5.41) is 11.1. The van der Waals surface area contributed by atoms with Crippen molar-refractivity contribution in [2.75, 3.05) is 26.2 Å². The van der Waals surface area contributed by atoms with Gasteiger partial charge in [-0.15, -0.1) is 0 Å². The van der Waals surface area contributed by atoms with Gasteiger partial charge in [0.1, 0.15) is 0 Å². The van der Waals surface area contributed by atoms with E-state index in [9.17, 15) is 23.3 Å². The van der Waals surface area contributed by atoms with Crippen LogP contribution in [0.2, 0.25) is 0 Å². The van der Waals surface area contributed by atoms with E-state index in [1.54, 1.807) is 31.2 Å². The van der Waals surface area contributed by atoms with Gasteiger partial charge in [-0.3, -0.25) is 14.9 Å². The fraction of sp³-hybridized carbons (Fsp3) is 0.278. The first kappa shape index (κ1) is 20.4. The van der Waals surface area contributed by atoms with Crippen molar-refractivity contribution < 1.29 is 18.1 Å². The van der Waals surface area contributed by atoms with E-state index >= 15 is 0 Å². The lowest BCUT2D eigenvalue weighted by molar-refractivity contribution is -0.385. The van der Waals surface area contributed by atoms with Gasteiger partial charge in [0.05, 0.1) is 9.82 Å². The summed E-state index contributed by atoms with van der Waals surface area (Å²) >= 11 is 3.27. The quantitative estimate of drug-likeness (QED) is 0.508. The molecule has 0 aliphatic carbocycles. The molecule has 1 heterocycles. The zero-order chi connectivity index (χ0) is 20.5. The van der Waals surface area contributed by atoms with Crippen LogP contribution in [-0.2, 0) is 10.0 Å². The fourth-order valence-electron chi connectivity index (χ4n) is 3.03. The third-order valence-electron chi connectivity index (χ3n) is 4.61. The van der Waals surface area contributed by atoms with Crippen LogP contribution in [0.3, 0.4) is 0 Å². The molecule has 1 aliphatic rings. The van der Waals surface area contributed by atoms with E-state index in [2.05, 4.69) is 15.9 Å². The summed E-state index contributed by atoms with van der Waals surface area (Å²) in [6.07, 6.45) is 0. The van der Waals surface area contributed by atoms with Crippen LogP contribution in [0, 0.1) is 17.0 Å². The van der Waals surface area contributed by atoms with Gasteiger partial charge in [0.15, 0.2) is 0 Å². The van der Waals surface area contributed by atoms with Crippen LogP contribution in [-0.4, -0.2) is 54.6 Å². The summed E-state index contributed by atoms with van der Waals surface area (Å²) < 4.78 is 27.6. The van der Waals surface area contributed by atoms with E-state index < -0.39 is 14.9 Å². The van der Waals surface area contributed by atoms with Gasteiger partial charge in [0, 0.05) is 47.8 Å². The van der Waals surface area contributed by atoms with E-state index in [1.807, 2.05) is 0 Å². The summed E-state index contributed by atoms with van der Waals surface area (Å²) in [6, 6.07) is 10.8. The van der Waals surface area contributed by atoms with Crippen LogP contribution in [0.15, 0.2) is 51.8 Å². The molecule has 1 aliphatic heterocycles. The molecule has 0 atom stereocenters. The first-order chi connectivity index (χ1) is 13.2. The van der Waals surface area contributed by atoms with Crippen LogP contribution >= 0.6 is 15.9 Å². The second-order valence-corrected chi connectivity index (χ2v) is 9.27. The van der Waals surface area contributed by atoms with E-state index in [1.165, 1.54) is 27.4 Å². The lowest BCUT2D eigenvalue weighted by Gasteiger charge is -2.34. The highest BCUT2D eigenvalue weighted by atomic mass is 79.9. The number of amides is 1. The molecular weight excluding hydrogens is 450 g/mol. The van der Waals surface area contributed by atoms with Gasteiger partial charge >= 0.3 is 0 Å². The normalized spacial score (nSPS) is 15.4. The van der Waals surface area contributed by atoms with Crippen LogP contribution in [0.25, 0.3) is 0 Å². The lowest BCUT2D eigenvalue weighted by Crippen LogP contribution is -2.50. The number of piperazine rings is 1. The summed E-state index contributed by atoms with van der Waals surface area (Å²) in [5.74, 6) is -0.345. The largest absolute Gasteiger partial charge is 0.336 e. The van der Waals surface area contributed by atoms with Crippen LogP contribution in [0.1, 0.15) is 15.9 Å². The highest BCUT2D eigenvalue weighted by Crippen LogP contribution is 2.23. The fourth-order valence-corrected chi connectivity index (χ4v) is 5.05. The highest BCUT2D eigenvalue weighted by Gasteiger charge is 2.31. The number of hydrogen-bond donors (Lipinski definition) is 0. The number of nitro benzene ring substituents is 1. The van der Waals surface area contributed by atoms with Crippen molar-refractivity contribution in [3.8, 4) is 0 Å². The van der Waals surface area contributed by atoms with Crippen molar-refractivity contribution in [1.82, 2.24) is 9.21 Å². The maximum Gasteiger partial charge on any atom is 0.273 e. The second-order valence-electron chi connectivity index (χ2n) is 6.41. The van der Waals surface area contributed by atoms with Gasteiger partial charge in [-0.25, -0.2) is 8.42 Å². The van der Waals surface area contributed by atoms with Crippen LogP contribution in [0.5, 0.6) is 0 Å². The minimum Gasteiger partial charge on any atom is -0.336 e. The Kier molecular flexibility index (Phi) is 5.82. The molecule has 0 N–H and O–H groups in total. The van der Waals surface area contributed by atoms with Gasteiger partial charge in [-0.1, -0.05) is 28.1 Å². The standard InChI is InChI=1S/C18H18BrN3O5S/c1-13-5-6-14(11-17(13)22(24)25)18(23)20-7-9-21(10-8-20)28(26,27)16-4-2-3-15(19)12-16/h2-6,11-12H,7-10H2,1H3. The van der Waals surface area contributed by atoms with E-state index in [0.29, 0.717) is 10.0 Å². The van der Waals surface area contributed by atoms with E-state index in [4.69, 9.17) is 0 Å². The Hall–Kier alpha value is -2.30. The van der Waals surface area contributed by atoms with Gasteiger partial charge < -0.3 is 4.90 Å². The number of benzene rings is 2. The number of nitrogens with zero attached hydrogens (tertiary/aromatic N) is 3. The van der Waals surface area contributed by atoms with Crippen molar-refractivity contribution in [2.24, 2.45) is 0 Å². The Labute approximate surface area is 171 Å². The smallest absolute Gasteiger partial charge is 0.273 e. The molecule has 0 aromatic heterocycles. The molecule has 1 fully saturated rings. The SMILES string of the molecule is Cc1ccc(C(=O)N2CCN(S(=O)(=O)c3cccc(Br)c3)CC2)cc1[N+](=O)[O-]. The number of aryl methyl sites for hydroxylation is 1. The third-order valence-corrected chi connectivity index (χ3v) is 7.00. The summed E-state index contributed by atoms with van der Waals surface area (Å²) in [4.78, 5) is 25.0. The molecule has 10 heteroatoms. The van der Waals surface area contributed by atoms with Crippen molar-refractivity contribution in [2.45, 2.75) is 11.8 Å². The number of carbonyl (C=O) groups excluding carboxylic acids is 1. The number of carbonyl (C=O) groups is 1.